The number of benzene rings is 3. The maximum atomic E-state index is 14.1. The molecule has 1 atom stereocenters. The lowest BCUT2D eigenvalue weighted by molar-refractivity contribution is 0.0270. The molecular formula is C33H33ClN4O4. The lowest BCUT2D eigenvalue weighted by Crippen LogP contribution is -2.39. The average Bonchev–Trinajstić information content (AvgIpc) is 3.53. The van der Waals surface area contributed by atoms with Crippen LogP contribution < -0.4 is 4.74 Å². The van der Waals surface area contributed by atoms with Gasteiger partial charge in [0.2, 0.25) is 0 Å². The van der Waals surface area contributed by atoms with Crippen molar-refractivity contribution in [1.82, 2.24) is 19.8 Å². The van der Waals surface area contributed by atoms with Gasteiger partial charge in [-0.05, 0) is 80.3 Å². The third-order valence-corrected chi connectivity index (χ3v) is 7.87. The van der Waals surface area contributed by atoms with Crippen LogP contribution in [0.5, 0.6) is 5.75 Å². The molecule has 2 amide bonds. The zero-order chi connectivity index (χ0) is 29.6. The van der Waals surface area contributed by atoms with Gasteiger partial charge < -0.3 is 24.3 Å². The third-order valence-electron chi connectivity index (χ3n) is 7.64. The highest BCUT2D eigenvalue weighted by Gasteiger charge is 2.38. The lowest BCUT2D eigenvalue weighted by atomic mass is 9.96. The highest BCUT2D eigenvalue weighted by atomic mass is 35.5. The fourth-order valence-electron chi connectivity index (χ4n) is 5.64. The number of carbonyl (C=O) groups excluding carboxylic acids is 2. The summed E-state index contributed by atoms with van der Waals surface area (Å²) < 4.78 is 11.2. The van der Waals surface area contributed by atoms with E-state index in [4.69, 9.17) is 26.1 Å². The minimum Gasteiger partial charge on any atom is -0.496 e. The summed E-state index contributed by atoms with van der Waals surface area (Å²) in [4.78, 5) is 38.4. The second-order valence-electron chi connectivity index (χ2n) is 11.6. The monoisotopic (exact) mass is 584 g/mol. The number of fused-ring (bicyclic) bond motifs is 2. The zero-order valence-electron chi connectivity index (χ0n) is 24.1. The minimum atomic E-state index is -0.550. The van der Waals surface area contributed by atoms with E-state index >= 15 is 0 Å². The van der Waals surface area contributed by atoms with Crippen molar-refractivity contribution in [1.29, 1.82) is 0 Å². The summed E-state index contributed by atoms with van der Waals surface area (Å²) in [7, 11) is 1.61. The number of methoxy groups -OCH3 is 1. The molecule has 3 aromatic carbocycles. The Hall–Kier alpha value is -4.30. The Balaban J connectivity index is 1.32. The minimum absolute atomic E-state index is 0.0916. The van der Waals surface area contributed by atoms with Crippen LogP contribution >= 0.6 is 11.6 Å². The molecule has 0 spiro atoms. The normalized spacial score (nSPS) is 15.9. The number of hydrogen-bond acceptors (Lipinski definition) is 5. The van der Waals surface area contributed by atoms with Crippen LogP contribution in [0.25, 0.3) is 16.6 Å². The smallest absolute Gasteiger partial charge is 0.410 e. The Kier molecular flexibility index (Phi) is 7.19. The highest BCUT2D eigenvalue weighted by Crippen LogP contribution is 2.41. The van der Waals surface area contributed by atoms with Crippen molar-refractivity contribution >= 4 is 40.2 Å². The van der Waals surface area contributed by atoms with Crippen LogP contribution in [-0.4, -0.2) is 57.6 Å². The first kappa shape index (κ1) is 27.8. The van der Waals surface area contributed by atoms with Crippen molar-refractivity contribution in [2.75, 3.05) is 20.2 Å². The van der Waals surface area contributed by atoms with Crippen LogP contribution in [-0.2, 0) is 11.3 Å². The summed E-state index contributed by atoms with van der Waals surface area (Å²) in [6.07, 6.45) is 2.41. The van der Waals surface area contributed by atoms with Gasteiger partial charge in [0.1, 0.15) is 23.2 Å². The number of nitrogens with zero attached hydrogens (tertiary/aromatic N) is 3. The van der Waals surface area contributed by atoms with Gasteiger partial charge in [-0.2, -0.15) is 0 Å². The topological polar surface area (TPSA) is 87.8 Å². The molecule has 0 aliphatic carbocycles. The predicted octanol–water partition coefficient (Wildman–Crippen LogP) is 6.99. The number of halogens is 1. The summed E-state index contributed by atoms with van der Waals surface area (Å²) in [6.45, 7) is 7.02. The maximum absolute atomic E-state index is 14.1. The molecule has 0 radical (unpaired) electrons. The number of rotatable bonds is 5. The van der Waals surface area contributed by atoms with Crippen molar-refractivity contribution in [3.05, 3.63) is 99.8 Å². The molecule has 1 aromatic heterocycles. The van der Waals surface area contributed by atoms with Gasteiger partial charge in [-0.25, -0.2) is 9.78 Å². The molecule has 1 N–H and O–H groups in total. The molecule has 2 aliphatic rings. The van der Waals surface area contributed by atoms with Crippen LogP contribution in [0.4, 0.5) is 4.79 Å². The van der Waals surface area contributed by atoms with Crippen LogP contribution in [0.1, 0.15) is 66.1 Å². The van der Waals surface area contributed by atoms with E-state index in [1.165, 1.54) is 0 Å². The van der Waals surface area contributed by atoms with E-state index in [1.54, 1.807) is 18.1 Å². The standard InChI is InChI=1S/C33H33ClN4O4/c1-33(2,3)42-32(40)37-15-13-20(14-16-37)21-9-10-22-19-38(31(39)24(22)17-21)29(25-18-23(34)11-12-28(25)41-4)30-35-26-7-5-6-8-27(26)36-30/h5-13,17-18,29H,14-16,19H2,1-4H3,(H,35,36). The molecule has 0 saturated heterocycles. The fourth-order valence-corrected chi connectivity index (χ4v) is 5.82. The Morgan fingerprint density at radius 2 is 1.90 bits per heavy atom. The quantitative estimate of drug-likeness (QED) is 0.273. The van der Waals surface area contributed by atoms with E-state index in [2.05, 4.69) is 11.1 Å². The molecule has 6 rings (SSSR count). The van der Waals surface area contributed by atoms with E-state index in [9.17, 15) is 9.59 Å². The molecular weight excluding hydrogens is 552 g/mol. The summed E-state index contributed by atoms with van der Waals surface area (Å²) in [5.74, 6) is 1.16. The first-order chi connectivity index (χ1) is 20.1. The van der Waals surface area contributed by atoms with E-state index in [-0.39, 0.29) is 12.0 Å². The summed E-state index contributed by atoms with van der Waals surface area (Å²) >= 11 is 6.46. The van der Waals surface area contributed by atoms with Gasteiger partial charge in [0.25, 0.3) is 5.91 Å². The second-order valence-corrected chi connectivity index (χ2v) is 12.1. The molecule has 0 bridgehead atoms. The van der Waals surface area contributed by atoms with E-state index in [1.807, 2.05) is 80.3 Å². The van der Waals surface area contributed by atoms with Crippen LogP contribution in [0.2, 0.25) is 5.02 Å². The van der Waals surface area contributed by atoms with Crippen LogP contribution in [0, 0.1) is 0 Å². The van der Waals surface area contributed by atoms with Crippen molar-refractivity contribution in [2.24, 2.45) is 0 Å². The first-order valence-corrected chi connectivity index (χ1v) is 14.4. The molecule has 0 fully saturated rings. The number of para-hydroxylation sites is 2. The van der Waals surface area contributed by atoms with Crippen molar-refractivity contribution in [3.63, 3.8) is 0 Å². The summed E-state index contributed by atoms with van der Waals surface area (Å²) in [6, 6.07) is 18.7. The Morgan fingerprint density at radius 1 is 1.10 bits per heavy atom. The van der Waals surface area contributed by atoms with Gasteiger partial charge in [0.15, 0.2) is 0 Å². The number of H-pyrrole nitrogens is 1. The first-order valence-electron chi connectivity index (χ1n) is 14.0. The van der Waals surface area contributed by atoms with Crippen molar-refractivity contribution in [2.45, 2.75) is 45.4 Å². The number of imidazole rings is 1. The zero-order valence-corrected chi connectivity index (χ0v) is 24.9. The van der Waals surface area contributed by atoms with Gasteiger partial charge in [0.05, 0.1) is 18.1 Å². The van der Waals surface area contributed by atoms with Gasteiger partial charge in [-0.3, -0.25) is 4.79 Å². The number of aromatic nitrogens is 2. The van der Waals surface area contributed by atoms with Gasteiger partial charge in [0, 0.05) is 35.8 Å². The molecule has 9 heteroatoms. The lowest BCUT2D eigenvalue weighted by Gasteiger charge is -2.29. The molecule has 8 nitrogen and oxygen atoms in total. The molecule has 216 valence electrons. The summed E-state index contributed by atoms with van der Waals surface area (Å²) in [5.41, 5.74) is 5.60. The molecule has 3 heterocycles. The Bertz CT molecular complexity index is 1690. The Labute approximate surface area is 249 Å². The number of hydrogen-bond donors (Lipinski definition) is 1. The fraction of sp³-hybridized carbons (Fsp3) is 0.303. The van der Waals surface area contributed by atoms with E-state index in [0.717, 1.165) is 33.3 Å². The average molecular weight is 585 g/mol. The molecule has 4 aromatic rings. The predicted molar refractivity (Wildman–Crippen MR) is 163 cm³/mol. The molecule has 1 unspecified atom stereocenters. The number of aromatic amines is 1. The largest absolute Gasteiger partial charge is 0.496 e. The molecule has 42 heavy (non-hydrogen) atoms. The molecule has 0 saturated carbocycles. The number of carbonyl (C=O) groups is 2. The number of ether oxygens (including phenoxy) is 2. The van der Waals surface area contributed by atoms with Crippen molar-refractivity contribution in [3.8, 4) is 5.75 Å². The number of nitrogens with one attached hydrogen (secondary N) is 1. The number of amides is 2. The van der Waals surface area contributed by atoms with Gasteiger partial charge >= 0.3 is 6.09 Å². The van der Waals surface area contributed by atoms with Crippen molar-refractivity contribution < 1.29 is 19.1 Å². The van der Waals surface area contributed by atoms with Crippen LogP contribution in [0.15, 0.2) is 66.7 Å². The summed E-state index contributed by atoms with van der Waals surface area (Å²) in [5, 5.41) is 0.544. The highest BCUT2D eigenvalue weighted by molar-refractivity contribution is 6.30. The van der Waals surface area contributed by atoms with Gasteiger partial charge in [-0.15, -0.1) is 0 Å². The maximum Gasteiger partial charge on any atom is 0.410 e. The SMILES string of the molecule is COc1ccc(Cl)cc1C(c1nc2ccccc2[nH]1)N1Cc2ccc(C3=CCN(C(=O)OC(C)(C)C)CC3)cc2C1=O. The Morgan fingerprint density at radius 3 is 2.62 bits per heavy atom. The van der Waals surface area contributed by atoms with Gasteiger partial charge in [-0.1, -0.05) is 41.9 Å². The van der Waals surface area contributed by atoms with E-state index < -0.39 is 11.6 Å². The van der Waals surface area contributed by atoms with Crippen LogP contribution in [0.3, 0.4) is 0 Å². The second kappa shape index (κ2) is 10.8. The third kappa shape index (κ3) is 5.34. The van der Waals surface area contributed by atoms with E-state index in [0.29, 0.717) is 48.2 Å². The molecule has 2 aliphatic heterocycles.